The third-order valence-corrected chi connectivity index (χ3v) is 5.11. The fourth-order valence-electron chi connectivity index (χ4n) is 2.98. The van der Waals surface area contributed by atoms with Gasteiger partial charge in [0.15, 0.2) is 0 Å². The van der Waals surface area contributed by atoms with Crippen LogP contribution in [0.3, 0.4) is 0 Å². The molecule has 0 saturated carbocycles. The molecule has 0 spiro atoms. The average molecular weight is 476 g/mol. The molecule has 1 aliphatic rings. The van der Waals surface area contributed by atoms with E-state index >= 15 is 0 Å². The highest BCUT2D eigenvalue weighted by atomic mass is 35.5. The van der Waals surface area contributed by atoms with Crippen molar-refractivity contribution in [2.45, 2.75) is 6.54 Å². The minimum absolute atomic E-state index is 0.0828. The number of carbonyl (C=O) groups excluding carboxylic acids is 3. The summed E-state index contributed by atoms with van der Waals surface area (Å²) in [5.74, 6) is -1.16. The summed E-state index contributed by atoms with van der Waals surface area (Å²) < 4.78 is 10.8. The molecular formula is C20H11Cl2N3O7. The predicted molar refractivity (Wildman–Crippen MR) is 112 cm³/mol. The molecule has 10 nitrogen and oxygen atoms in total. The molecule has 1 N–H and O–H groups in total. The van der Waals surface area contributed by atoms with Gasteiger partial charge in [0.25, 0.3) is 17.5 Å². The minimum atomic E-state index is -0.895. The molecule has 0 unspecified atom stereocenters. The summed E-state index contributed by atoms with van der Waals surface area (Å²) in [7, 11) is 0. The van der Waals surface area contributed by atoms with Crippen LogP contribution >= 0.6 is 23.2 Å². The summed E-state index contributed by atoms with van der Waals surface area (Å²) in [6.45, 7) is -0.171. The number of nitro groups is 1. The van der Waals surface area contributed by atoms with Crippen LogP contribution < -0.4 is 5.32 Å². The Morgan fingerprint density at radius 2 is 1.91 bits per heavy atom. The van der Waals surface area contributed by atoms with E-state index in [2.05, 4.69) is 5.32 Å². The quantitative estimate of drug-likeness (QED) is 0.249. The Hall–Kier alpha value is -3.89. The van der Waals surface area contributed by atoms with Crippen molar-refractivity contribution in [2.24, 2.45) is 0 Å². The van der Waals surface area contributed by atoms with E-state index in [1.54, 1.807) is 12.1 Å². The molecule has 1 aromatic carbocycles. The number of benzene rings is 1. The number of nitrogens with one attached hydrogen (secondary N) is 1. The summed E-state index contributed by atoms with van der Waals surface area (Å²) in [5.41, 5.74) is -0.511. The van der Waals surface area contributed by atoms with E-state index < -0.39 is 22.8 Å². The maximum absolute atomic E-state index is 12.7. The van der Waals surface area contributed by atoms with Crippen molar-refractivity contribution >= 4 is 52.8 Å². The van der Waals surface area contributed by atoms with Gasteiger partial charge in [-0.25, -0.2) is 4.79 Å². The van der Waals surface area contributed by atoms with Crippen LogP contribution in [0.4, 0.5) is 10.5 Å². The Bertz CT molecular complexity index is 1290. The van der Waals surface area contributed by atoms with Gasteiger partial charge in [-0.1, -0.05) is 23.2 Å². The first kappa shape index (κ1) is 21.3. The zero-order chi connectivity index (χ0) is 23.0. The maximum Gasteiger partial charge on any atom is 0.331 e. The van der Waals surface area contributed by atoms with Crippen LogP contribution in [0.5, 0.6) is 0 Å². The van der Waals surface area contributed by atoms with Gasteiger partial charge in [-0.3, -0.25) is 29.9 Å². The molecule has 0 aliphatic carbocycles. The van der Waals surface area contributed by atoms with Gasteiger partial charge in [-0.2, -0.15) is 0 Å². The monoisotopic (exact) mass is 475 g/mol. The Morgan fingerprint density at radius 3 is 2.59 bits per heavy atom. The van der Waals surface area contributed by atoms with E-state index in [4.69, 9.17) is 32.0 Å². The lowest BCUT2D eigenvalue weighted by molar-refractivity contribution is -0.384. The predicted octanol–water partition coefficient (Wildman–Crippen LogP) is 4.42. The number of halogens is 2. The zero-order valence-corrected chi connectivity index (χ0v) is 17.3. The first-order valence-electron chi connectivity index (χ1n) is 8.89. The summed E-state index contributed by atoms with van der Waals surface area (Å²) in [6, 6.07) is 7.56. The van der Waals surface area contributed by atoms with E-state index in [1.165, 1.54) is 24.5 Å². The molecule has 0 bridgehead atoms. The number of nitro benzene ring substituents is 1. The molecule has 1 saturated heterocycles. The van der Waals surface area contributed by atoms with Crippen molar-refractivity contribution in [1.29, 1.82) is 0 Å². The van der Waals surface area contributed by atoms with Gasteiger partial charge in [0.05, 0.1) is 22.8 Å². The number of imide groups is 2. The van der Waals surface area contributed by atoms with Crippen molar-refractivity contribution in [3.63, 3.8) is 0 Å². The number of urea groups is 1. The summed E-state index contributed by atoms with van der Waals surface area (Å²) in [6.07, 6.45) is 2.54. The summed E-state index contributed by atoms with van der Waals surface area (Å²) in [5, 5.41) is 13.2. The van der Waals surface area contributed by atoms with Gasteiger partial charge in [-0.05, 0) is 36.4 Å². The molecule has 4 rings (SSSR count). The molecule has 1 aliphatic heterocycles. The second kappa shape index (κ2) is 8.33. The minimum Gasteiger partial charge on any atom is -0.467 e. The van der Waals surface area contributed by atoms with E-state index in [0.717, 1.165) is 17.0 Å². The lowest BCUT2D eigenvalue weighted by atomic mass is 10.1. The molecule has 3 heterocycles. The van der Waals surface area contributed by atoms with Crippen LogP contribution in [0.1, 0.15) is 11.5 Å². The SMILES string of the molecule is O=C1NC(=O)N(Cc2ccco2)C(=O)C1=Cc1ccc(-c2cc([N+](=O)[O-])c(Cl)cc2Cl)o1. The summed E-state index contributed by atoms with van der Waals surface area (Å²) >= 11 is 12.0. The number of nitrogens with zero attached hydrogens (tertiary/aromatic N) is 2. The molecule has 1 fully saturated rings. The molecule has 4 amide bonds. The van der Waals surface area contributed by atoms with Crippen LogP contribution in [0.15, 0.2) is 57.1 Å². The van der Waals surface area contributed by atoms with Crippen LogP contribution in [0, 0.1) is 10.1 Å². The average Bonchev–Trinajstić information content (AvgIpc) is 3.40. The highest BCUT2D eigenvalue weighted by molar-refractivity contribution is 6.37. The Morgan fingerprint density at radius 1 is 1.12 bits per heavy atom. The van der Waals surface area contributed by atoms with Crippen molar-refractivity contribution in [3.05, 3.63) is 79.9 Å². The first-order chi connectivity index (χ1) is 15.2. The number of carbonyl (C=O) groups is 3. The number of furan rings is 2. The Kier molecular flexibility index (Phi) is 5.56. The highest BCUT2D eigenvalue weighted by Gasteiger charge is 2.36. The third kappa shape index (κ3) is 4.01. The molecule has 3 aromatic rings. The second-order valence-corrected chi connectivity index (χ2v) is 7.34. The smallest absolute Gasteiger partial charge is 0.331 e. The fraction of sp³-hybridized carbons (Fsp3) is 0.0500. The van der Waals surface area contributed by atoms with Crippen LogP contribution in [-0.4, -0.2) is 27.7 Å². The lowest BCUT2D eigenvalue weighted by Crippen LogP contribution is -2.53. The topological polar surface area (TPSA) is 136 Å². The molecule has 162 valence electrons. The summed E-state index contributed by atoms with van der Waals surface area (Å²) in [4.78, 5) is 48.4. The first-order valence-corrected chi connectivity index (χ1v) is 9.65. The number of barbiturate groups is 1. The lowest BCUT2D eigenvalue weighted by Gasteiger charge is -2.25. The Labute approximate surface area is 189 Å². The van der Waals surface area contributed by atoms with E-state index in [-0.39, 0.29) is 44.9 Å². The number of hydrogen-bond donors (Lipinski definition) is 1. The van der Waals surface area contributed by atoms with Gasteiger partial charge >= 0.3 is 6.03 Å². The van der Waals surface area contributed by atoms with Gasteiger partial charge < -0.3 is 8.83 Å². The molecule has 32 heavy (non-hydrogen) atoms. The zero-order valence-electron chi connectivity index (χ0n) is 15.8. The van der Waals surface area contributed by atoms with Crippen molar-refractivity contribution in [2.75, 3.05) is 0 Å². The number of rotatable bonds is 5. The van der Waals surface area contributed by atoms with Crippen LogP contribution in [0.2, 0.25) is 10.0 Å². The van der Waals surface area contributed by atoms with Gasteiger partial charge in [-0.15, -0.1) is 0 Å². The van der Waals surface area contributed by atoms with Crippen molar-refractivity contribution in [1.82, 2.24) is 10.2 Å². The van der Waals surface area contributed by atoms with Gasteiger partial charge in [0, 0.05) is 11.6 Å². The Balaban J connectivity index is 1.65. The maximum atomic E-state index is 12.7. The van der Waals surface area contributed by atoms with Crippen LogP contribution in [0.25, 0.3) is 17.4 Å². The molecule has 12 heteroatoms. The second-order valence-electron chi connectivity index (χ2n) is 6.53. The van der Waals surface area contributed by atoms with Gasteiger partial charge in [0.1, 0.15) is 27.9 Å². The van der Waals surface area contributed by atoms with Crippen LogP contribution in [-0.2, 0) is 16.1 Å². The van der Waals surface area contributed by atoms with Gasteiger partial charge in [0.2, 0.25) is 0 Å². The van der Waals surface area contributed by atoms with Crippen molar-refractivity contribution in [3.8, 4) is 11.3 Å². The largest absolute Gasteiger partial charge is 0.467 e. The molecule has 0 radical (unpaired) electrons. The molecule has 0 atom stereocenters. The highest BCUT2D eigenvalue weighted by Crippen LogP contribution is 2.37. The molecule has 2 aromatic heterocycles. The molecular weight excluding hydrogens is 465 g/mol. The van der Waals surface area contributed by atoms with E-state index in [0.29, 0.717) is 5.76 Å². The van der Waals surface area contributed by atoms with E-state index in [9.17, 15) is 24.5 Å². The standard InChI is InChI=1S/C20H11Cl2N3O7/c21-14-8-15(22)16(25(29)30)7-12(14)17-4-3-10(32-17)6-13-18(26)23-20(28)24(19(13)27)9-11-2-1-5-31-11/h1-8H,9H2,(H,23,26,28). The van der Waals surface area contributed by atoms with Crippen molar-refractivity contribution < 1.29 is 28.1 Å². The third-order valence-electron chi connectivity index (χ3n) is 4.49. The fourth-order valence-corrected chi connectivity index (χ4v) is 3.52. The number of amides is 4. The number of hydrogen-bond acceptors (Lipinski definition) is 7. The normalized spacial score (nSPS) is 15.4. The van der Waals surface area contributed by atoms with E-state index in [1.807, 2.05) is 0 Å².